The fraction of sp³-hybridized carbons (Fsp3) is 0.400. The normalized spacial score (nSPS) is 13.0. The van der Waals surface area contributed by atoms with Crippen molar-refractivity contribution < 1.29 is 9.84 Å². The van der Waals surface area contributed by atoms with Gasteiger partial charge in [0.1, 0.15) is 11.3 Å². The molecule has 0 radical (unpaired) electrons. The molecule has 3 nitrogen and oxygen atoms in total. The summed E-state index contributed by atoms with van der Waals surface area (Å²) >= 11 is 0. The van der Waals surface area contributed by atoms with Gasteiger partial charge in [0, 0.05) is 11.1 Å². The van der Waals surface area contributed by atoms with Crippen molar-refractivity contribution in [1.82, 2.24) is 4.98 Å². The zero-order valence-electron chi connectivity index (χ0n) is 11.3. The second kappa shape index (κ2) is 4.94. The number of fused-ring (bicyclic) bond motifs is 1. The minimum absolute atomic E-state index is 0.105. The van der Waals surface area contributed by atoms with Crippen LogP contribution in [0.5, 0.6) is 5.75 Å². The van der Waals surface area contributed by atoms with E-state index in [9.17, 15) is 5.11 Å². The third-order valence-corrected chi connectivity index (χ3v) is 2.78. The Kier molecular flexibility index (Phi) is 3.53. The molecular weight excluding hydrogens is 226 g/mol. The maximum absolute atomic E-state index is 9.85. The predicted molar refractivity (Wildman–Crippen MR) is 72.9 cm³/mol. The molecule has 2 rings (SSSR count). The smallest absolute Gasteiger partial charge is 0.145 e. The van der Waals surface area contributed by atoms with Crippen molar-refractivity contribution in [1.29, 1.82) is 0 Å². The Labute approximate surface area is 107 Å². The summed E-state index contributed by atoms with van der Waals surface area (Å²) in [5.74, 6) is 0.771. The number of aryl methyl sites for hydroxylation is 1. The number of hydrogen-bond donors (Lipinski definition) is 1. The molecule has 0 spiro atoms. The van der Waals surface area contributed by atoms with Crippen LogP contribution in [0.3, 0.4) is 0 Å². The lowest BCUT2D eigenvalue weighted by atomic mass is 10.0. The summed E-state index contributed by atoms with van der Waals surface area (Å²) < 4.78 is 5.77. The van der Waals surface area contributed by atoms with Crippen molar-refractivity contribution in [2.24, 2.45) is 0 Å². The number of rotatable bonds is 3. The molecule has 0 amide bonds. The summed E-state index contributed by atoms with van der Waals surface area (Å²) in [6.45, 7) is 7.68. The van der Waals surface area contributed by atoms with Crippen molar-refractivity contribution in [3.8, 4) is 5.75 Å². The molecular formula is C15H19NO2. The standard InChI is InChI=1S/C15H19NO2/c1-9(2)18-14-7-5-6-12-13(11(4)17)8-10(3)16-15(12)14/h5-9,11,17H,1-4H3. The fourth-order valence-corrected chi connectivity index (χ4v) is 2.08. The van der Waals surface area contributed by atoms with Gasteiger partial charge in [-0.25, -0.2) is 4.98 Å². The highest BCUT2D eigenvalue weighted by atomic mass is 16.5. The molecule has 1 unspecified atom stereocenters. The van der Waals surface area contributed by atoms with Crippen LogP contribution in [0.4, 0.5) is 0 Å². The first-order valence-corrected chi connectivity index (χ1v) is 6.24. The Balaban J connectivity index is 2.69. The van der Waals surface area contributed by atoms with Gasteiger partial charge in [-0.3, -0.25) is 0 Å². The zero-order chi connectivity index (χ0) is 13.3. The van der Waals surface area contributed by atoms with Gasteiger partial charge in [-0.15, -0.1) is 0 Å². The minimum atomic E-state index is -0.511. The Hall–Kier alpha value is -1.61. The number of aliphatic hydroxyl groups is 1. The van der Waals surface area contributed by atoms with Crippen LogP contribution in [-0.2, 0) is 0 Å². The van der Waals surface area contributed by atoms with Crippen LogP contribution in [0.1, 0.15) is 38.1 Å². The molecule has 0 fully saturated rings. The first-order chi connectivity index (χ1) is 8.49. The highest BCUT2D eigenvalue weighted by Gasteiger charge is 2.12. The summed E-state index contributed by atoms with van der Waals surface area (Å²) in [5, 5.41) is 10.8. The van der Waals surface area contributed by atoms with Gasteiger partial charge in [-0.2, -0.15) is 0 Å². The average molecular weight is 245 g/mol. The van der Waals surface area contributed by atoms with E-state index < -0.39 is 6.10 Å². The van der Waals surface area contributed by atoms with Gasteiger partial charge in [0.05, 0.1) is 12.2 Å². The van der Waals surface area contributed by atoms with Gasteiger partial charge >= 0.3 is 0 Å². The zero-order valence-corrected chi connectivity index (χ0v) is 11.3. The van der Waals surface area contributed by atoms with Crippen molar-refractivity contribution in [3.05, 3.63) is 35.5 Å². The van der Waals surface area contributed by atoms with Crippen molar-refractivity contribution in [2.45, 2.75) is 39.9 Å². The molecule has 18 heavy (non-hydrogen) atoms. The first-order valence-electron chi connectivity index (χ1n) is 6.24. The third kappa shape index (κ3) is 2.46. The molecule has 1 aromatic heterocycles. The lowest BCUT2D eigenvalue weighted by Crippen LogP contribution is -2.07. The molecule has 0 aliphatic carbocycles. The molecule has 3 heteroatoms. The van der Waals surface area contributed by atoms with Crippen molar-refractivity contribution >= 4 is 10.9 Å². The summed E-state index contributed by atoms with van der Waals surface area (Å²) in [5.41, 5.74) is 2.60. The first kappa shape index (κ1) is 12.8. The third-order valence-electron chi connectivity index (χ3n) is 2.78. The van der Waals surface area contributed by atoms with Gasteiger partial charge < -0.3 is 9.84 Å². The van der Waals surface area contributed by atoms with E-state index in [1.165, 1.54) is 0 Å². The van der Waals surface area contributed by atoms with Crippen LogP contribution in [0.25, 0.3) is 10.9 Å². The number of aliphatic hydroxyl groups excluding tert-OH is 1. The number of ether oxygens (including phenoxy) is 1. The number of hydrogen-bond acceptors (Lipinski definition) is 3. The molecule has 1 N–H and O–H groups in total. The number of benzene rings is 1. The topological polar surface area (TPSA) is 42.4 Å². The number of nitrogens with zero attached hydrogens (tertiary/aromatic N) is 1. The predicted octanol–water partition coefficient (Wildman–Crippen LogP) is 3.38. The van der Waals surface area contributed by atoms with E-state index in [0.29, 0.717) is 0 Å². The van der Waals surface area contributed by atoms with Crippen LogP contribution in [-0.4, -0.2) is 16.2 Å². The molecule has 0 saturated carbocycles. The van der Waals surface area contributed by atoms with E-state index in [4.69, 9.17) is 4.74 Å². The monoisotopic (exact) mass is 245 g/mol. The number of para-hydroxylation sites is 1. The van der Waals surface area contributed by atoms with Gasteiger partial charge in [0.25, 0.3) is 0 Å². The SMILES string of the molecule is Cc1cc(C(C)O)c2cccc(OC(C)C)c2n1. The molecule has 1 heterocycles. The maximum atomic E-state index is 9.85. The van der Waals surface area contributed by atoms with E-state index in [0.717, 1.165) is 27.9 Å². The van der Waals surface area contributed by atoms with Gasteiger partial charge in [-0.1, -0.05) is 12.1 Å². The Morgan fingerprint density at radius 3 is 2.56 bits per heavy atom. The van der Waals surface area contributed by atoms with Crippen molar-refractivity contribution in [2.75, 3.05) is 0 Å². The van der Waals surface area contributed by atoms with E-state index >= 15 is 0 Å². The van der Waals surface area contributed by atoms with E-state index in [1.807, 2.05) is 45.0 Å². The summed E-state index contributed by atoms with van der Waals surface area (Å²) in [6.07, 6.45) is -0.406. The fourth-order valence-electron chi connectivity index (χ4n) is 2.08. The summed E-state index contributed by atoms with van der Waals surface area (Å²) in [6, 6.07) is 7.74. The van der Waals surface area contributed by atoms with Gasteiger partial charge in [0.15, 0.2) is 0 Å². The second-order valence-corrected chi connectivity index (χ2v) is 4.85. The lowest BCUT2D eigenvalue weighted by Gasteiger charge is -2.15. The molecule has 0 aliphatic rings. The number of aromatic nitrogens is 1. The van der Waals surface area contributed by atoms with E-state index in [2.05, 4.69) is 4.98 Å². The lowest BCUT2D eigenvalue weighted by molar-refractivity contribution is 0.200. The Morgan fingerprint density at radius 2 is 1.94 bits per heavy atom. The quantitative estimate of drug-likeness (QED) is 0.901. The average Bonchev–Trinajstić information content (AvgIpc) is 2.28. The van der Waals surface area contributed by atoms with Crippen LogP contribution in [0, 0.1) is 6.92 Å². The molecule has 1 atom stereocenters. The highest BCUT2D eigenvalue weighted by molar-refractivity contribution is 5.87. The van der Waals surface area contributed by atoms with Gasteiger partial charge in [0.2, 0.25) is 0 Å². The van der Waals surface area contributed by atoms with Gasteiger partial charge in [-0.05, 0) is 45.4 Å². The van der Waals surface area contributed by atoms with Crippen LogP contribution < -0.4 is 4.74 Å². The molecule has 0 bridgehead atoms. The second-order valence-electron chi connectivity index (χ2n) is 4.85. The van der Waals surface area contributed by atoms with E-state index in [1.54, 1.807) is 6.92 Å². The highest BCUT2D eigenvalue weighted by Crippen LogP contribution is 2.30. The van der Waals surface area contributed by atoms with Crippen LogP contribution in [0.2, 0.25) is 0 Å². The van der Waals surface area contributed by atoms with Crippen LogP contribution in [0.15, 0.2) is 24.3 Å². The summed E-state index contributed by atoms with van der Waals surface area (Å²) in [4.78, 5) is 4.54. The Bertz CT molecular complexity index is 562. The Morgan fingerprint density at radius 1 is 1.22 bits per heavy atom. The van der Waals surface area contributed by atoms with Crippen molar-refractivity contribution in [3.63, 3.8) is 0 Å². The number of pyridine rings is 1. The van der Waals surface area contributed by atoms with E-state index in [-0.39, 0.29) is 6.10 Å². The molecule has 0 aliphatic heterocycles. The molecule has 0 saturated heterocycles. The minimum Gasteiger partial charge on any atom is -0.489 e. The summed E-state index contributed by atoms with van der Waals surface area (Å²) in [7, 11) is 0. The maximum Gasteiger partial charge on any atom is 0.145 e. The van der Waals surface area contributed by atoms with Crippen LogP contribution >= 0.6 is 0 Å². The molecule has 1 aromatic carbocycles. The largest absolute Gasteiger partial charge is 0.489 e. The molecule has 2 aromatic rings. The molecule has 96 valence electrons.